The third-order valence-corrected chi connectivity index (χ3v) is 9.41. The van der Waals surface area contributed by atoms with Crippen LogP contribution >= 0.6 is 0 Å². The van der Waals surface area contributed by atoms with E-state index in [0.29, 0.717) is 0 Å². The van der Waals surface area contributed by atoms with E-state index in [4.69, 9.17) is 4.98 Å². The van der Waals surface area contributed by atoms with Crippen molar-refractivity contribution in [3.63, 3.8) is 0 Å². The highest BCUT2D eigenvalue weighted by molar-refractivity contribution is 6.16. The Balaban J connectivity index is 1.25. The van der Waals surface area contributed by atoms with E-state index in [2.05, 4.69) is 204 Å². The Morgan fingerprint density at radius 3 is 1.44 bits per heavy atom. The number of rotatable bonds is 7. The third-order valence-electron chi connectivity index (χ3n) is 9.41. The van der Waals surface area contributed by atoms with Crippen LogP contribution in [0.5, 0.6) is 0 Å². The third kappa shape index (κ3) is 5.32. The predicted octanol–water partition coefficient (Wildman–Crippen LogP) is 12.6. The molecule has 0 bridgehead atoms. The molecule has 2 heterocycles. The minimum Gasteiger partial charge on any atom is -0.310 e. The summed E-state index contributed by atoms with van der Waals surface area (Å²) in [6.45, 7) is 0. The largest absolute Gasteiger partial charge is 0.310 e. The summed E-state index contributed by atoms with van der Waals surface area (Å²) >= 11 is 0. The van der Waals surface area contributed by atoms with Crippen LogP contribution in [-0.2, 0) is 0 Å². The molecule has 0 saturated carbocycles. The molecular formula is C47H33N3. The fraction of sp³-hybridized carbons (Fsp3) is 0. The zero-order chi connectivity index (χ0) is 33.3. The highest BCUT2D eigenvalue weighted by Gasteiger charge is 2.21. The molecule has 0 aliphatic rings. The van der Waals surface area contributed by atoms with Crippen LogP contribution < -0.4 is 4.90 Å². The molecule has 0 fully saturated rings. The molecule has 50 heavy (non-hydrogen) atoms. The quantitative estimate of drug-likeness (QED) is 0.173. The molecule has 0 saturated heterocycles. The molecule has 0 spiro atoms. The Morgan fingerprint density at radius 2 is 0.840 bits per heavy atom. The van der Waals surface area contributed by atoms with Crippen LogP contribution in [0.1, 0.15) is 0 Å². The molecule has 7 aromatic carbocycles. The van der Waals surface area contributed by atoms with Gasteiger partial charge in [-0.05, 0) is 76.9 Å². The lowest BCUT2D eigenvalue weighted by molar-refractivity contribution is 1.08. The van der Waals surface area contributed by atoms with E-state index in [0.717, 1.165) is 45.2 Å². The number of pyridine rings is 1. The van der Waals surface area contributed by atoms with E-state index in [1.165, 1.54) is 33.0 Å². The number of benzene rings is 7. The maximum Gasteiger partial charge on any atom is 0.138 e. The maximum absolute atomic E-state index is 5.20. The molecule has 3 heteroatoms. The first-order chi connectivity index (χ1) is 24.8. The first-order valence-corrected chi connectivity index (χ1v) is 17.0. The molecule has 9 rings (SSSR count). The van der Waals surface area contributed by atoms with Gasteiger partial charge < -0.3 is 4.90 Å². The second kappa shape index (κ2) is 12.7. The fourth-order valence-corrected chi connectivity index (χ4v) is 7.05. The van der Waals surface area contributed by atoms with Gasteiger partial charge in [0.1, 0.15) is 5.82 Å². The van der Waals surface area contributed by atoms with E-state index < -0.39 is 0 Å². The van der Waals surface area contributed by atoms with Crippen molar-refractivity contribution < 1.29 is 0 Å². The predicted molar refractivity (Wildman–Crippen MR) is 210 cm³/mol. The highest BCUT2D eigenvalue weighted by Crippen LogP contribution is 2.44. The van der Waals surface area contributed by atoms with Crippen molar-refractivity contribution in [1.29, 1.82) is 0 Å². The van der Waals surface area contributed by atoms with Crippen molar-refractivity contribution in [2.75, 3.05) is 4.90 Å². The summed E-state index contributed by atoms with van der Waals surface area (Å²) in [5, 5.41) is 2.35. The number of para-hydroxylation sites is 1. The van der Waals surface area contributed by atoms with Gasteiger partial charge in [0.05, 0.1) is 22.4 Å². The average molecular weight is 640 g/mol. The zero-order valence-corrected chi connectivity index (χ0v) is 27.4. The van der Waals surface area contributed by atoms with Gasteiger partial charge in [0.25, 0.3) is 0 Å². The Kier molecular flexibility index (Phi) is 7.49. The van der Waals surface area contributed by atoms with Gasteiger partial charge in [-0.25, -0.2) is 4.98 Å². The summed E-state index contributed by atoms with van der Waals surface area (Å²) in [4.78, 5) is 7.59. The molecular weight excluding hydrogens is 607 g/mol. The van der Waals surface area contributed by atoms with Crippen LogP contribution in [0.4, 0.5) is 17.1 Å². The average Bonchev–Trinajstić information content (AvgIpc) is 3.55. The van der Waals surface area contributed by atoms with Crippen molar-refractivity contribution in [3.05, 3.63) is 200 Å². The molecule has 0 unspecified atom stereocenters. The number of hydrogen-bond donors (Lipinski definition) is 0. The van der Waals surface area contributed by atoms with Crippen molar-refractivity contribution in [2.45, 2.75) is 0 Å². The van der Waals surface area contributed by atoms with E-state index >= 15 is 0 Å². The Morgan fingerprint density at radius 1 is 0.360 bits per heavy atom. The van der Waals surface area contributed by atoms with Crippen LogP contribution in [0.15, 0.2) is 200 Å². The molecule has 0 aliphatic heterocycles. The standard InChI is InChI=1S/C47H33N3/c1-4-14-34(15-5-1)36-26-30-39(31-27-36)49(40-32-28-37(29-33-40)35-16-6-2-7-17-35)44-23-13-24-45-47(44)41-20-10-11-22-43(41)50(45)46-25-12-21-42(48-46)38-18-8-3-9-19-38/h1-33H. The van der Waals surface area contributed by atoms with E-state index in [9.17, 15) is 0 Å². The van der Waals surface area contributed by atoms with Gasteiger partial charge in [-0.2, -0.15) is 0 Å². The Labute approximate surface area is 292 Å². The summed E-state index contributed by atoms with van der Waals surface area (Å²) in [5.41, 5.74) is 12.3. The Bertz CT molecular complexity index is 2470. The van der Waals surface area contributed by atoms with E-state index in [1.807, 2.05) is 6.07 Å². The molecule has 0 amide bonds. The smallest absolute Gasteiger partial charge is 0.138 e. The molecule has 0 aliphatic carbocycles. The van der Waals surface area contributed by atoms with Crippen molar-refractivity contribution in [3.8, 4) is 39.3 Å². The van der Waals surface area contributed by atoms with Crippen molar-refractivity contribution >= 4 is 38.9 Å². The van der Waals surface area contributed by atoms with Crippen LogP contribution in [-0.4, -0.2) is 9.55 Å². The molecule has 3 nitrogen and oxygen atoms in total. The summed E-state index contributed by atoms with van der Waals surface area (Å²) in [6, 6.07) is 70.9. The van der Waals surface area contributed by atoms with Gasteiger partial charge in [0.2, 0.25) is 0 Å². The van der Waals surface area contributed by atoms with Gasteiger partial charge >= 0.3 is 0 Å². The fourth-order valence-electron chi connectivity index (χ4n) is 7.05. The van der Waals surface area contributed by atoms with Gasteiger partial charge in [0.15, 0.2) is 0 Å². The number of hydrogen-bond acceptors (Lipinski definition) is 2. The van der Waals surface area contributed by atoms with Gasteiger partial charge in [-0.3, -0.25) is 4.57 Å². The maximum atomic E-state index is 5.20. The first kappa shape index (κ1) is 29.4. The summed E-state index contributed by atoms with van der Waals surface area (Å²) in [5.74, 6) is 0.890. The molecule has 2 aromatic heterocycles. The van der Waals surface area contributed by atoms with Crippen LogP contribution in [0, 0.1) is 0 Å². The number of nitrogens with zero attached hydrogens (tertiary/aromatic N) is 3. The van der Waals surface area contributed by atoms with E-state index in [1.54, 1.807) is 0 Å². The second-order valence-corrected chi connectivity index (χ2v) is 12.4. The minimum absolute atomic E-state index is 0.890. The number of aromatic nitrogens is 2. The monoisotopic (exact) mass is 639 g/mol. The van der Waals surface area contributed by atoms with E-state index in [-0.39, 0.29) is 0 Å². The lowest BCUT2D eigenvalue weighted by atomic mass is 10.0. The SMILES string of the molecule is c1ccc(-c2ccc(N(c3ccc(-c4ccccc4)cc3)c3cccc4c3c3ccccc3n4-c3cccc(-c4ccccc4)n3)cc2)cc1. The van der Waals surface area contributed by atoms with Gasteiger partial charge in [0, 0.05) is 27.7 Å². The lowest BCUT2D eigenvalue weighted by Gasteiger charge is -2.27. The normalized spacial score (nSPS) is 11.2. The summed E-state index contributed by atoms with van der Waals surface area (Å²) < 4.78 is 2.30. The van der Waals surface area contributed by atoms with Crippen molar-refractivity contribution in [2.24, 2.45) is 0 Å². The molecule has 0 atom stereocenters. The van der Waals surface area contributed by atoms with Crippen LogP contribution in [0.25, 0.3) is 61.1 Å². The molecule has 0 radical (unpaired) electrons. The van der Waals surface area contributed by atoms with Gasteiger partial charge in [-0.1, -0.05) is 146 Å². The van der Waals surface area contributed by atoms with Gasteiger partial charge in [-0.15, -0.1) is 0 Å². The van der Waals surface area contributed by atoms with Crippen molar-refractivity contribution in [1.82, 2.24) is 9.55 Å². The van der Waals surface area contributed by atoms with Crippen LogP contribution in [0.2, 0.25) is 0 Å². The second-order valence-electron chi connectivity index (χ2n) is 12.4. The summed E-state index contributed by atoms with van der Waals surface area (Å²) in [6.07, 6.45) is 0. The lowest BCUT2D eigenvalue weighted by Crippen LogP contribution is -2.10. The first-order valence-electron chi connectivity index (χ1n) is 17.0. The molecule has 0 N–H and O–H groups in total. The number of fused-ring (bicyclic) bond motifs is 3. The summed E-state index contributed by atoms with van der Waals surface area (Å²) in [7, 11) is 0. The molecule has 9 aromatic rings. The number of anilines is 3. The molecule has 236 valence electrons. The minimum atomic E-state index is 0.890. The highest BCUT2D eigenvalue weighted by atomic mass is 15.2. The van der Waals surface area contributed by atoms with Crippen LogP contribution in [0.3, 0.4) is 0 Å². The topological polar surface area (TPSA) is 21.1 Å². The Hall–Kier alpha value is -6.71. The zero-order valence-electron chi connectivity index (χ0n) is 27.4.